The lowest BCUT2D eigenvalue weighted by molar-refractivity contribution is -0.151. The molecule has 2 saturated heterocycles. The Hall–Kier alpha value is -2.06. The minimum absolute atomic E-state index is 0.0459. The number of hydrogen-bond acceptors (Lipinski definition) is 5. The van der Waals surface area contributed by atoms with Gasteiger partial charge in [0.15, 0.2) is 5.76 Å². The summed E-state index contributed by atoms with van der Waals surface area (Å²) >= 11 is 3.49. The van der Waals surface area contributed by atoms with Gasteiger partial charge in [-0.25, -0.2) is 0 Å². The first-order chi connectivity index (χ1) is 16.0. The zero-order valence-electron chi connectivity index (χ0n) is 19.5. The predicted molar refractivity (Wildman–Crippen MR) is 131 cm³/mol. The number of carbonyl (C=O) groups is 2. The average molecular weight is 520 g/mol. The van der Waals surface area contributed by atoms with Gasteiger partial charge in [0.2, 0.25) is 5.91 Å². The Kier molecular flexibility index (Phi) is 7.96. The van der Waals surface area contributed by atoms with E-state index in [9.17, 15) is 9.59 Å². The van der Waals surface area contributed by atoms with Crippen molar-refractivity contribution in [3.8, 4) is 5.75 Å². The first kappa shape index (κ1) is 24.1. The van der Waals surface area contributed by atoms with Crippen LogP contribution in [0.4, 0.5) is 0 Å². The van der Waals surface area contributed by atoms with Crippen LogP contribution < -0.4 is 10.1 Å². The van der Waals surface area contributed by atoms with Crippen LogP contribution in [0, 0.1) is 0 Å². The molecule has 0 aromatic heterocycles. The highest BCUT2D eigenvalue weighted by Gasteiger charge is 2.42. The van der Waals surface area contributed by atoms with Crippen molar-refractivity contribution >= 4 is 33.8 Å². The van der Waals surface area contributed by atoms with Gasteiger partial charge in [0.25, 0.3) is 5.91 Å². The van der Waals surface area contributed by atoms with Gasteiger partial charge in [-0.05, 0) is 84.9 Å². The van der Waals surface area contributed by atoms with Crippen LogP contribution in [0.5, 0.6) is 5.75 Å². The monoisotopic (exact) mass is 519 g/mol. The maximum absolute atomic E-state index is 13.4. The molecule has 7 nitrogen and oxygen atoms in total. The molecule has 3 fully saturated rings. The third-order valence-electron chi connectivity index (χ3n) is 7.05. The van der Waals surface area contributed by atoms with Gasteiger partial charge in [-0.15, -0.1) is 0 Å². The van der Waals surface area contributed by atoms with Gasteiger partial charge in [0.05, 0.1) is 17.6 Å². The van der Waals surface area contributed by atoms with Gasteiger partial charge >= 0.3 is 0 Å². The van der Waals surface area contributed by atoms with E-state index >= 15 is 0 Å². The molecule has 1 saturated carbocycles. The van der Waals surface area contributed by atoms with E-state index in [0.717, 1.165) is 61.0 Å². The number of methoxy groups -OCH3 is 1. The molecule has 0 spiro atoms. The van der Waals surface area contributed by atoms with Crippen LogP contribution in [0.15, 0.2) is 28.4 Å². The van der Waals surface area contributed by atoms with Crippen molar-refractivity contribution in [2.45, 2.75) is 63.6 Å². The Bertz CT molecular complexity index is 906. The largest absolute Gasteiger partial charge is 0.496 e. The number of nitrogens with zero attached hydrogens (tertiary/aromatic N) is 2. The van der Waals surface area contributed by atoms with E-state index in [1.165, 1.54) is 6.42 Å². The van der Waals surface area contributed by atoms with Crippen LogP contribution in [0.1, 0.15) is 51.0 Å². The molecule has 2 amide bonds. The van der Waals surface area contributed by atoms with Gasteiger partial charge in [-0.1, -0.05) is 19.4 Å². The minimum atomic E-state index is -0.212. The van der Waals surface area contributed by atoms with E-state index < -0.39 is 0 Å². The lowest BCUT2D eigenvalue weighted by atomic mass is 9.89. The maximum atomic E-state index is 13.4. The highest BCUT2D eigenvalue weighted by Crippen LogP contribution is 2.34. The molecular formula is C25H34BrN3O4. The molecule has 180 valence electrons. The third kappa shape index (κ3) is 5.54. The van der Waals surface area contributed by atoms with Gasteiger partial charge in [0, 0.05) is 12.6 Å². The summed E-state index contributed by atoms with van der Waals surface area (Å²) in [5.74, 6) is 0.721. The summed E-state index contributed by atoms with van der Waals surface area (Å²) in [6.45, 7) is 4.97. The number of halogens is 1. The Balaban J connectivity index is 1.47. The van der Waals surface area contributed by atoms with Crippen molar-refractivity contribution in [3.63, 3.8) is 0 Å². The Morgan fingerprint density at radius 2 is 2.09 bits per heavy atom. The van der Waals surface area contributed by atoms with Gasteiger partial charge in [-0.2, -0.15) is 0 Å². The van der Waals surface area contributed by atoms with Crippen molar-refractivity contribution in [1.82, 2.24) is 15.1 Å². The van der Waals surface area contributed by atoms with Crippen molar-refractivity contribution in [2.24, 2.45) is 0 Å². The molecular weight excluding hydrogens is 486 g/mol. The third-order valence-corrected chi connectivity index (χ3v) is 7.67. The number of likely N-dealkylation sites (N-methyl/N-ethyl adjacent to an activating group) is 1. The number of likely N-dealkylation sites (tertiary alicyclic amines) is 1. The summed E-state index contributed by atoms with van der Waals surface area (Å²) in [6.07, 6.45) is 7.88. The fraction of sp³-hybridized carbons (Fsp3) is 0.600. The number of morpholine rings is 1. The van der Waals surface area contributed by atoms with Gasteiger partial charge in [-0.3, -0.25) is 14.5 Å². The highest BCUT2D eigenvalue weighted by molar-refractivity contribution is 9.10. The summed E-state index contributed by atoms with van der Waals surface area (Å²) < 4.78 is 12.3. The topological polar surface area (TPSA) is 71.1 Å². The van der Waals surface area contributed by atoms with Crippen LogP contribution >= 0.6 is 15.9 Å². The SMILES string of the molecule is CCN1CCCC1CNC(=O)CN1C(=O)/C(=C\c2ccc(OC)c(Br)c2)OC2CCCCC21. The molecule has 3 unspecified atom stereocenters. The molecule has 1 aromatic carbocycles. The molecule has 0 radical (unpaired) electrons. The Labute approximate surface area is 204 Å². The number of fused-ring (bicyclic) bond motifs is 1. The van der Waals surface area contributed by atoms with Crippen LogP contribution in [-0.4, -0.2) is 73.1 Å². The fourth-order valence-electron chi connectivity index (χ4n) is 5.27. The quantitative estimate of drug-likeness (QED) is 0.557. The standard InChI is InChI=1S/C25H34BrN3O4/c1-3-28-12-6-7-18(28)15-27-24(30)16-29-20-8-4-5-9-22(20)33-23(25(29)31)14-17-10-11-21(32-2)19(26)13-17/h10-11,13-14,18,20,22H,3-9,12,15-16H2,1-2H3,(H,27,30)/b23-14+. The summed E-state index contributed by atoms with van der Waals surface area (Å²) in [7, 11) is 1.62. The molecule has 0 bridgehead atoms. The predicted octanol–water partition coefficient (Wildman–Crippen LogP) is 3.57. The molecule has 3 atom stereocenters. The number of hydrogen-bond donors (Lipinski definition) is 1. The Morgan fingerprint density at radius 1 is 1.27 bits per heavy atom. The first-order valence-corrected chi connectivity index (χ1v) is 12.8. The number of carbonyl (C=O) groups excluding carboxylic acids is 2. The minimum Gasteiger partial charge on any atom is -0.496 e. The number of amides is 2. The van der Waals surface area contributed by atoms with Gasteiger partial charge in [0.1, 0.15) is 18.4 Å². The second-order valence-corrected chi connectivity index (χ2v) is 9.93. The number of nitrogens with one attached hydrogen (secondary N) is 1. The second kappa shape index (κ2) is 10.9. The van der Waals surface area contributed by atoms with E-state index in [1.54, 1.807) is 18.1 Å². The zero-order valence-corrected chi connectivity index (χ0v) is 21.1. The molecule has 2 heterocycles. The van der Waals surface area contributed by atoms with Crippen molar-refractivity contribution in [2.75, 3.05) is 33.3 Å². The molecule has 8 heteroatoms. The van der Waals surface area contributed by atoms with Crippen molar-refractivity contribution in [1.29, 1.82) is 0 Å². The number of benzene rings is 1. The molecule has 1 aliphatic carbocycles. The fourth-order valence-corrected chi connectivity index (χ4v) is 5.83. The molecule has 1 N–H and O–H groups in total. The highest BCUT2D eigenvalue weighted by atomic mass is 79.9. The smallest absolute Gasteiger partial charge is 0.289 e. The van der Waals surface area contributed by atoms with E-state index in [2.05, 4.69) is 33.1 Å². The lowest BCUT2D eigenvalue weighted by Crippen LogP contribution is -2.57. The van der Waals surface area contributed by atoms with Crippen LogP contribution in [0.25, 0.3) is 6.08 Å². The first-order valence-electron chi connectivity index (χ1n) is 12.0. The van der Waals surface area contributed by atoms with Crippen molar-refractivity contribution < 1.29 is 19.1 Å². The van der Waals surface area contributed by atoms with E-state index in [-0.39, 0.29) is 30.5 Å². The van der Waals surface area contributed by atoms with Gasteiger partial charge < -0.3 is 19.7 Å². The van der Waals surface area contributed by atoms with Crippen LogP contribution in [-0.2, 0) is 14.3 Å². The van der Waals surface area contributed by atoms with Crippen LogP contribution in [0.2, 0.25) is 0 Å². The maximum Gasteiger partial charge on any atom is 0.289 e. The lowest BCUT2D eigenvalue weighted by Gasteiger charge is -2.44. The molecule has 1 aromatic rings. The van der Waals surface area contributed by atoms with Crippen LogP contribution in [0.3, 0.4) is 0 Å². The normalized spacial score (nSPS) is 26.8. The molecule has 2 aliphatic heterocycles. The molecule has 3 aliphatic rings. The number of rotatable bonds is 7. The summed E-state index contributed by atoms with van der Waals surface area (Å²) in [4.78, 5) is 30.4. The Morgan fingerprint density at radius 3 is 2.85 bits per heavy atom. The van der Waals surface area contributed by atoms with E-state index in [0.29, 0.717) is 18.3 Å². The summed E-state index contributed by atoms with van der Waals surface area (Å²) in [5, 5.41) is 3.08. The number of ether oxygens (including phenoxy) is 2. The van der Waals surface area contributed by atoms with E-state index in [1.807, 2.05) is 18.2 Å². The molecule has 33 heavy (non-hydrogen) atoms. The zero-order chi connectivity index (χ0) is 23.4. The summed E-state index contributed by atoms with van der Waals surface area (Å²) in [5.41, 5.74) is 0.838. The molecule has 4 rings (SSSR count). The van der Waals surface area contributed by atoms with E-state index in [4.69, 9.17) is 9.47 Å². The average Bonchev–Trinajstić information content (AvgIpc) is 3.28. The van der Waals surface area contributed by atoms with Crippen molar-refractivity contribution in [3.05, 3.63) is 34.0 Å². The summed E-state index contributed by atoms with van der Waals surface area (Å²) in [6, 6.07) is 5.98. The second-order valence-electron chi connectivity index (χ2n) is 9.07.